The summed E-state index contributed by atoms with van der Waals surface area (Å²) < 4.78 is 5.57. The lowest BCUT2D eigenvalue weighted by Crippen LogP contribution is -2.53. The van der Waals surface area contributed by atoms with Crippen LogP contribution in [-0.4, -0.2) is 24.0 Å². The molecule has 27 heavy (non-hydrogen) atoms. The molecule has 4 nitrogen and oxygen atoms in total. The van der Waals surface area contributed by atoms with Crippen molar-refractivity contribution >= 4 is 5.91 Å². The van der Waals surface area contributed by atoms with Gasteiger partial charge in [-0.05, 0) is 49.4 Å². The van der Waals surface area contributed by atoms with Crippen LogP contribution in [0.1, 0.15) is 60.5 Å². The number of carbonyl (C=O) groups excluding carboxylic acids is 1. The summed E-state index contributed by atoms with van der Waals surface area (Å²) in [6.45, 7) is 3.32. The predicted molar refractivity (Wildman–Crippen MR) is 107 cm³/mol. The number of rotatable bonds is 5. The van der Waals surface area contributed by atoms with Gasteiger partial charge in [0.05, 0.1) is 6.61 Å². The van der Waals surface area contributed by atoms with Crippen molar-refractivity contribution in [2.75, 3.05) is 13.2 Å². The van der Waals surface area contributed by atoms with Crippen LogP contribution in [0.15, 0.2) is 48.5 Å². The minimum absolute atomic E-state index is 0.0487. The number of carbonyl (C=O) groups is 1. The molecule has 0 radical (unpaired) electrons. The van der Waals surface area contributed by atoms with Crippen molar-refractivity contribution in [2.45, 2.75) is 44.7 Å². The molecule has 1 atom stereocenters. The molecule has 1 aliphatic heterocycles. The van der Waals surface area contributed by atoms with Gasteiger partial charge in [-0.2, -0.15) is 0 Å². The summed E-state index contributed by atoms with van der Waals surface area (Å²) in [6, 6.07) is 15.6. The lowest BCUT2D eigenvalue weighted by atomic mass is 9.87. The van der Waals surface area contributed by atoms with Crippen LogP contribution in [0.4, 0.5) is 0 Å². The molecule has 0 bridgehead atoms. The van der Waals surface area contributed by atoms with Gasteiger partial charge >= 0.3 is 0 Å². The minimum atomic E-state index is -0.921. The Labute approximate surface area is 161 Å². The molecule has 2 aromatic rings. The number of ether oxygens (including phenoxy) is 1. The van der Waals surface area contributed by atoms with Crippen LogP contribution in [-0.2, 0) is 5.66 Å². The average molecular weight is 364 g/mol. The lowest BCUT2D eigenvalue weighted by Gasteiger charge is -2.39. The van der Waals surface area contributed by atoms with Gasteiger partial charge in [0.15, 0.2) is 0 Å². The first-order chi connectivity index (χ1) is 13.1. The molecule has 142 valence electrons. The van der Waals surface area contributed by atoms with E-state index in [0.29, 0.717) is 12.5 Å². The Morgan fingerprint density at radius 3 is 2.48 bits per heavy atom. The number of amides is 1. The predicted octanol–water partition coefficient (Wildman–Crippen LogP) is 4.28. The van der Waals surface area contributed by atoms with E-state index in [-0.39, 0.29) is 5.91 Å². The maximum absolute atomic E-state index is 13.3. The third kappa shape index (κ3) is 3.12. The van der Waals surface area contributed by atoms with E-state index in [1.54, 1.807) is 0 Å². The highest BCUT2D eigenvalue weighted by Gasteiger charge is 2.48. The second kappa shape index (κ2) is 7.35. The number of nitrogens with zero attached hydrogens (tertiary/aromatic N) is 1. The molecule has 1 aliphatic carbocycles. The van der Waals surface area contributed by atoms with Gasteiger partial charge in [0, 0.05) is 17.7 Å². The summed E-state index contributed by atoms with van der Waals surface area (Å²) in [6.07, 6.45) is 6.16. The van der Waals surface area contributed by atoms with Crippen LogP contribution in [0.3, 0.4) is 0 Å². The molecular formula is C23H28N2O2. The summed E-state index contributed by atoms with van der Waals surface area (Å²) in [5, 5.41) is 0. The fourth-order valence-corrected chi connectivity index (χ4v) is 4.59. The highest BCUT2D eigenvalue weighted by atomic mass is 16.5. The van der Waals surface area contributed by atoms with E-state index in [9.17, 15) is 4.79 Å². The van der Waals surface area contributed by atoms with Crippen LogP contribution in [0, 0.1) is 5.92 Å². The first kappa shape index (κ1) is 18.1. The third-order valence-corrected chi connectivity index (χ3v) is 6.01. The van der Waals surface area contributed by atoms with Crippen LogP contribution in [0.5, 0.6) is 5.75 Å². The van der Waals surface area contributed by atoms with E-state index < -0.39 is 5.66 Å². The van der Waals surface area contributed by atoms with Gasteiger partial charge in [0.1, 0.15) is 11.4 Å². The molecule has 2 aliphatic rings. The molecule has 0 spiro atoms. The maximum atomic E-state index is 13.3. The number of benzene rings is 2. The molecule has 2 N–H and O–H groups in total. The van der Waals surface area contributed by atoms with Gasteiger partial charge < -0.3 is 15.4 Å². The molecule has 1 amide bonds. The second-order valence-electron chi connectivity index (χ2n) is 7.69. The molecule has 1 fully saturated rings. The number of fused-ring (bicyclic) bond motifs is 1. The van der Waals surface area contributed by atoms with Crippen molar-refractivity contribution < 1.29 is 9.53 Å². The Morgan fingerprint density at radius 2 is 1.78 bits per heavy atom. The monoisotopic (exact) mass is 364 g/mol. The standard InChI is InChI=1S/C23H28N2O2/c1-2-27-19-14-12-18(13-15-19)23(24)21-11-7-6-10-20(21)22(26)25(23)16-17-8-4-3-5-9-17/h6-7,10-15,17H,2-5,8-9,16,24H2,1H3. The van der Waals surface area contributed by atoms with E-state index in [1.165, 1.54) is 32.1 Å². The van der Waals surface area contributed by atoms with Crippen LogP contribution >= 0.6 is 0 Å². The van der Waals surface area contributed by atoms with E-state index in [1.807, 2.05) is 60.4 Å². The van der Waals surface area contributed by atoms with Crippen LogP contribution < -0.4 is 10.5 Å². The van der Waals surface area contributed by atoms with E-state index in [4.69, 9.17) is 10.5 Å². The SMILES string of the molecule is CCOc1ccc(C2(N)c3ccccc3C(=O)N2CC2CCCCC2)cc1. The second-order valence-corrected chi connectivity index (χ2v) is 7.69. The molecule has 1 heterocycles. The molecule has 4 rings (SSSR count). The number of hydrogen-bond acceptors (Lipinski definition) is 3. The zero-order valence-corrected chi connectivity index (χ0v) is 16.0. The molecule has 0 saturated heterocycles. The Balaban J connectivity index is 1.73. The van der Waals surface area contributed by atoms with Crippen LogP contribution in [0.25, 0.3) is 0 Å². The Kier molecular flexibility index (Phi) is 4.92. The van der Waals surface area contributed by atoms with Crippen molar-refractivity contribution in [1.29, 1.82) is 0 Å². The Morgan fingerprint density at radius 1 is 1.07 bits per heavy atom. The fraction of sp³-hybridized carbons (Fsp3) is 0.435. The number of hydrogen-bond donors (Lipinski definition) is 1. The Bertz CT molecular complexity index is 811. The minimum Gasteiger partial charge on any atom is -0.494 e. The Hall–Kier alpha value is -2.33. The van der Waals surface area contributed by atoms with Gasteiger partial charge in [0.25, 0.3) is 5.91 Å². The summed E-state index contributed by atoms with van der Waals surface area (Å²) in [7, 11) is 0. The van der Waals surface area contributed by atoms with Gasteiger partial charge in [-0.15, -0.1) is 0 Å². The van der Waals surface area contributed by atoms with E-state index in [2.05, 4.69) is 0 Å². The fourth-order valence-electron chi connectivity index (χ4n) is 4.59. The molecule has 0 aromatic heterocycles. The van der Waals surface area contributed by atoms with Crippen molar-refractivity contribution in [2.24, 2.45) is 11.7 Å². The van der Waals surface area contributed by atoms with Crippen LogP contribution in [0.2, 0.25) is 0 Å². The first-order valence-corrected chi connectivity index (χ1v) is 10.1. The summed E-state index contributed by atoms with van der Waals surface area (Å²) in [5.41, 5.74) is 8.67. The lowest BCUT2D eigenvalue weighted by molar-refractivity contribution is 0.0562. The highest BCUT2D eigenvalue weighted by molar-refractivity contribution is 6.00. The van der Waals surface area contributed by atoms with Crippen molar-refractivity contribution in [3.05, 3.63) is 65.2 Å². The third-order valence-electron chi connectivity index (χ3n) is 6.01. The quantitative estimate of drug-likeness (QED) is 0.861. The molecule has 4 heteroatoms. The normalized spacial score (nSPS) is 22.7. The molecule has 1 unspecified atom stereocenters. The summed E-state index contributed by atoms with van der Waals surface area (Å²) >= 11 is 0. The van der Waals surface area contributed by atoms with Gasteiger partial charge in [-0.25, -0.2) is 0 Å². The van der Waals surface area contributed by atoms with E-state index >= 15 is 0 Å². The van der Waals surface area contributed by atoms with E-state index in [0.717, 1.165) is 29.0 Å². The molecular weight excluding hydrogens is 336 g/mol. The topological polar surface area (TPSA) is 55.6 Å². The summed E-state index contributed by atoms with van der Waals surface area (Å²) in [5.74, 6) is 1.40. The smallest absolute Gasteiger partial charge is 0.256 e. The average Bonchev–Trinajstić information content (AvgIpc) is 2.93. The van der Waals surface area contributed by atoms with Gasteiger partial charge in [-0.3, -0.25) is 4.79 Å². The number of nitrogens with two attached hydrogens (primary N) is 1. The van der Waals surface area contributed by atoms with Gasteiger partial charge in [-0.1, -0.05) is 49.6 Å². The first-order valence-electron chi connectivity index (χ1n) is 10.1. The highest BCUT2D eigenvalue weighted by Crippen LogP contribution is 2.42. The molecule has 1 saturated carbocycles. The zero-order valence-electron chi connectivity index (χ0n) is 16.0. The zero-order chi connectivity index (χ0) is 18.9. The van der Waals surface area contributed by atoms with Crippen molar-refractivity contribution in [3.63, 3.8) is 0 Å². The molecule has 2 aromatic carbocycles. The summed E-state index contributed by atoms with van der Waals surface area (Å²) in [4.78, 5) is 15.2. The van der Waals surface area contributed by atoms with Crippen molar-refractivity contribution in [3.8, 4) is 5.75 Å². The van der Waals surface area contributed by atoms with Gasteiger partial charge in [0.2, 0.25) is 0 Å². The maximum Gasteiger partial charge on any atom is 0.256 e. The largest absolute Gasteiger partial charge is 0.494 e. The van der Waals surface area contributed by atoms with Crippen molar-refractivity contribution in [1.82, 2.24) is 4.90 Å².